The number of esters is 1. The van der Waals surface area contributed by atoms with E-state index in [4.69, 9.17) is 9.47 Å². The number of aromatic carboxylic acids is 1. The minimum Gasteiger partial charge on any atom is -0.507 e. The molecule has 1 aromatic rings. The number of ether oxygens (including phenoxy) is 2. The van der Waals surface area contributed by atoms with Gasteiger partial charge in [-0.3, -0.25) is 4.79 Å². The van der Waals surface area contributed by atoms with Crippen molar-refractivity contribution >= 4 is 17.7 Å². The number of phenols is 1. The molecule has 160 valence electrons. The van der Waals surface area contributed by atoms with Gasteiger partial charge in [-0.15, -0.1) is 0 Å². The van der Waals surface area contributed by atoms with Gasteiger partial charge < -0.3 is 19.7 Å². The molecule has 0 aromatic heterocycles. The van der Waals surface area contributed by atoms with Gasteiger partial charge in [-0.2, -0.15) is 0 Å². The lowest BCUT2D eigenvalue weighted by atomic mass is 9.67. The Hall–Kier alpha value is -3.09. The number of ketones is 1. The number of aromatic hydroxyl groups is 1. The molecule has 1 heterocycles. The van der Waals surface area contributed by atoms with Crippen molar-refractivity contribution in [1.82, 2.24) is 0 Å². The molecule has 0 fully saturated rings. The molecule has 0 amide bonds. The maximum absolute atomic E-state index is 13.3. The van der Waals surface area contributed by atoms with Crippen molar-refractivity contribution in [2.24, 2.45) is 0 Å². The first-order valence-corrected chi connectivity index (χ1v) is 10.2. The summed E-state index contributed by atoms with van der Waals surface area (Å²) in [5.74, 6) is -2.47. The number of hydrogen-bond donors (Lipinski definition) is 2. The van der Waals surface area contributed by atoms with Gasteiger partial charge in [0.05, 0.1) is 7.11 Å². The smallest absolute Gasteiger partial charge is 0.339 e. The van der Waals surface area contributed by atoms with Crippen LogP contribution in [-0.2, 0) is 26.2 Å². The van der Waals surface area contributed by atoms with Gasteiger partial charge >= 0.3 is 11.9 Å². The molecule has 1 spiro atoms. The second kappa shape index (κ2) is 8.34. The van der Waals surface area contributed by atoms with Crippen molar-refractivity contribution in [1.29, 1.82) is 0 Å². The second-order valence-corrected chi connectivity index (χ2v) is 7.56. The maximum Gasteiger partial charge on any atom is 0.339 e. The molecule has 2 N–H and O–H groups in total. The molecule has 3 rings (SSSR count). The number of carbonyl (C=O) groups excluding carboxylic acids is 2. The molecule has 1 atom stereocenters. The summed E-state index contributed by atoms with van der Waals surface area (Å²) in [6.07, 6.45) is 6.54. The highest BCUT2D eigenvalue weighted by Crippen LogP contribution is 2.55. The summed E-state index contributed by atoms with van der Waals surface area (Å²) < 4.78 is 11.0. The summed E-state index contributed by atoms with van der Waals surface area (Å²) in [6, 6.07) is 1.17. The van der Waals surface area contributed by atoms with Gasteiger partial charge in [0.2, 0.25) is 0 Å². The highest BCUT2D eigenvalue weighted by atomic mass is 16.5. The van der Waals surface area contributed by atoms with Crippen LogP contribution in [0.25, 0.3) is 0 Å². The van der Waals surface area contributed by atoms with Gasteiger partial charge in [-0.1, -0.05) is 33.1 Å². The number of methoxy groups -OCH3 is 1. The summed E-state index contributed by atoms with van der Waals surface area (Å²) in [5.41, 5.74) is -0.550. The zero-order valence-electron chi connectivity index (χ0n) is 17.4. The van der Waals surface area contributed by atoms with Crippen molar-refractivity contribution in [3.8, 4) is 11.5 Å². The largest absolute Gasteiger partial charge is 0.507 e. The van der Waals surface area contributed by atoms with Crippen LogP contribution in [0.5, 0.6) is 11.5 Å². The van der Waals surface area contributed by atoms with Crippen LogP contribution in [0.2, 0.25) is 0 Å². The van der Waals surface area contributed by atoms with Gasteiger partial charge in [-0.05, 0) is 36.5 Å². The first-order chi connectivity index (χ1) is 14.3. The Morgan fingerprint density at radius 2 is 1.87 bits per heavy atom. The van der Waals surface area contributed by atoms with Gasteiger partial charge in [0.15, 0.2) is 11.2 Å². The summed E-state index contributed by atoms with van der Waals surface area (Å²) in [5, 5.41) is 20.2. The minimum atomic E-state index is -1.52. The topological polar surface area (TPSA) is 110 Å². The Balaban J connectivity index is 2.38. The molecule has 0 unspecified atom stereocenters. The third-order valence-electron chi connectivity index (χ3n) is 5.68. The Morgan fingerprint density at radius 3 is 2.47 bits per heavy atom. The lowest BCUT2D eigenvalue weighted by Gasteiger charge is -2.34. The SMILES string of the molecule is CCCCCc1c(C(=O)O)c(O)cc2c1[C@]1(C(=O)O2)C(CCC)=CC(=O)C=C1OC. The zero-order chi connectivity index (χ0) is 22.1. The van der Waals surface area contributed by atoms with Gasteiger partial charge in [0.25, 0.3) is 0 Å². The average molecular weight is 414 g/mol. The van der Waals surface area contributed by atoms with Crippen molar-refractivity contribution in [3.05, 3.63) is 46.2 Å². The van der Waals surface area contributed by atoms with E-state index in [1.165, 1.54) is 25.3 Å². The van der Waals surface area contributed by atoms with Crippen LogP contribution in [0.3, 0.4) is 0 Å². The Labute approximate surface area is 175 Å². The number of carboxylic acid groups (broad SMARTS) is 1. The Bertz CT molecular complexity index is 970. The average Bonchev–Trinajstić information content (AvgIpc) is 2.96. The number of allylic oxidation sites excluding steroid dienone is 2. The first kappa shape index (κ1) is 21.6. The van der Waals surface area contributed by atoms with Crippen molar-refractivity contribution < 1.29 is 34.1 Å². The van der Waals surface area contributed by atoms with Crippen molar-refractivity contribution in [2.75, 3.05) is 7.11 Å². The summed E-state index contributed by atoms with van der Waals surface area (Å²) in [6.45, 7) is 3.95. The fourth-order valence-corrected chi connectivity index (χ4v) is 4.48. The molecule has 30 heavy (non-hydrogen) atoms. The first-order valence-electron chi connectivity index (χ1n) is 10.2. The fourth-order valence-electron chi connectivity index (χ4n) is 4.48. The van der Waals surface area contributed by atoms with E-state index >= 15 is 0 Å². The van der Waals surface area contributed by atoms with Gasteiger partial charge in [0.1, 0.15) is 22.8 Å². The summed E-state index contributed by atoms with van der Waals surface area (Å²) in [4.78, 5) is 37.6. The minimum absolute atomic E-state index is 0.105. The standard InChI is InChI=1S/C23H26O7/c1-4-6-7-9-15-19(21(26)27)16(25)12-17-20(15)23(22(28)30-17)13(8-5-2)10-14(24)11-18(23)29-3/h10-12,25H,4-9H2,1-3H3,(H,26,27)/t23-/m0/s1. The predicted molar refractivity (Wildman–Crippen MR) is 109 cm³/mol. The van der Waals surface area contributed by atoms with Crippen LogP contribution in [0.4, 0.5) is 0 Å². The number of hydrogen-bond acceptors (Lipinski definition) is 6. The van der Waals surface area contributed by atoms with Crippen LogP contribution >= 0.6 is 0 Å². The molecule has 7 heteroatoms. The van der Waals surface area contributed by atoms with Gasteiger partial charge in [-0.25, -0.2) is 9.59 Å². The molecule has 2 aliphatic rings. The van der Waals surface area contributed by atoms with Gasteiger partial charge in [0, 0.05) is 17.7 Å². The molecular formula is C23H26O7. The van der Waals surface area contributed by atoms with E-state index in [1.54, 1.807) is 0 Å². The van der Waals surface area contributed by atoms with Crippen LogP contribution in [0, 0.1) is 0 Å². The molecule has 1 aliphatic heterocycles. The van der Waals surface area contributed by atoms with Crippen LogP contribution < -0.4 is 4.74 Å². The fraction of sp³-hybridized carbons (Fsp3) is 0.435. The third-order valence-corrected chi connectivity index (χ3v) is 5.68. The molecule has 0 bridgehead atoms. The summed E-state index contributed by atoms with van der Waals surface area (Å²) in [7, 11) is 1.37. The van der Waals surface area contributed by atoms with Crippen LogP contribution in [-0.4, -0.2) is 35.0 Å². The molecule has 0 saturated carbocycles. The highest BCUT2D eigenvalue weighted by molar-refractivity contribution is 6.09. The van der Waals surface area contributed by atoms with Crippen molar-refractivity contribution in [3.63, 3.8) is 0 Å². The van der Waals surface area contributed by atoms with Crippen LogP contribution in [0.1, 0.15) is 67.4 Å². The van der Waals surface area contributed by atoms with E-state index in [2.05, 4.69) is 0 Å². The quantitative estimate of drug-likeness (QED) is 0.378. The molecule has 0 saturated heterocycles. The molecule has 7 nitrogen and oxygen atoms in total. The van der Waals surface area contributed by atoms with E-state index in [0.29, 0.717) is 42.4 Å². The number of carbonyl (C=O) groups is 3. The zero-order valence-corrected chi connectivity index (χ0v) is 17.4. The predicted octanol–water partition coefficient (Wildman–Crippen LogP) is 3.82. The normalized spacial score (nSPS) is 20.0. The summed E-state index contributed by atoms with van der Waals surface area (Å²) >= 11 is 0. The lowest BCUT2D eigenvalue weighted by molar-refractivity contribution is -0.137. The number of unbranched alkanes of at least 4 members (excludes halogenated alkanes) is 2. The number of fused-ring (bicyclic) bond motifs is 2. The molecule has 1 aromatic carbocycles. The molecule has 0 radical (unpaired) electrons. The Morgan fingerprint density at radius 1 is 1.13 bits per heavy atom. The van der Waals surface area contributed by atoms with E-state index in [1.807, 2.05) is 13.8 Å². The Kier molecular flexibility index (Phi) is 6.01. The van der Waals surface area contributed by atoms with E-state index < -0.39 is 23.1 Å². The monoisotopic (exact) mass is 414 g/mol. The number of benzene rings is 1. The lowest BCUT2D eigenvalue weighted by Crippen LogP contribution is -2.42. The number of rotatable bonds is 8. The molecular weight excluding hydrogens is 388 g/mol. The second-order valence-electron chi connectivity index (χ2n) is 7.56. The third kappa shape index (κ3) is 3.18. The molecule has 1 aliphatic carbocycles. The highest BCUT2D eigenvalue weighted by Gasteiger charge is 2.58. The number of carboxylic acids is 1. The maximum atomic E-state index is 13.3. The van der Waals surface area contributed by atoms with Crippen molar-refractivity contribution in [2.45, 2.75) is 57.8 Å². The van der Waals surface area contributed by atoms with Crippen LogP contribution in [0.15, 0.2) is 29.6 Å². The van der Waals surface area contributed by atoms with E-state index in [-0.39, 0.29) is 22.9 Å². The van der Waals surface area contributed by atoms with E-state index in [9.17, 15) is 24.6 Å². The van der Waals surface area contributed by atoms with E-state index in [0.717, 1.165) is 12.8 Å².